The van der Waals surface area contributed by atoms with Crippen molar-refractivity contribution in [2.75, 3.05) is 0 Å². The molecule has 32 heavy (non-hydrogen) atoms. The van der Waals surface area contributed by atoms with Crippen molar-refractivity contribution < 1.29 is 0 Å². The van der Waals surface area contributed by atoms with Crippen LogP contribution in [0.25, 0.3) is 53.1 Å². The van der Waals surface area contributed by atoms with E-state index in [1.165, 1.54) is 0 Å². The minimum absolute atomic E-state index is 0.967. The van der Waals surface area contributed by atoms with Gasteiger partial charge in [0, 0.05) is 35.9 Å². The van der Waals surface area contributed by atoms with Gasteiger partial charge in [0.05, 0.1) is 0 Å². The Balaban J connectivity index is 1.43. The maximum absolute atomic E-state index is 4.97. The predicted molar refractivity (Wildman–Crippen MR) is 133 cm³/mol. The summed E-state index contributed by atoms with van der Waals surface area (Å²) in [4.78, 5) is 20.2. The largest absolute Gasteiger partial charge is 0.265 e. The summed E-state index contributed by atoms with van der Waals surface area (Å²) in [5.74, 6) is 0. The first-order valence-corrected chi connectivity index (χ1v) is 11.8. The molecular formula is C26H16N4S2. The maximum atomic E-state index is 4.97. The Labute approximate surface area is 193 Å². The van der Waals surface area contributed by atoms with Crippen LogP contribution in [0.2, 0.25) is 0 Å². The molecule has 0 fully saturated rings. The van der Waals surface area contributed by atoms with Gasteiger partial charge in [0.25, 0.3) is 0 Å². The third-order valence-corrected chi connectivity index (χ3v) is 7.37. The summed E-state index contributed by atoms with van der Waals surface area (Å²) >= 11 is 3.28. The van der Waals surface area contributed by atoms with Crippen LogP contribution in [-0.2, 0) is 0 Å². The fourth-order valence-corrected chi connectivity index (χ4v) is 5.90. The van der Waals surface area contributed by atoms with E-state index in [-0.39, 0.29) is 0 Å². The lowest BCUT2D eigenvalue weighted by atomic mass is 10.0. The molecule has 0 radical (unpaired) electrons. The molecule has 0 saturated carbocycles. The van der Waals surface area contributed by atoms with E-state index >= 15 is 0 Å². The van der Waals surface area contributed by atoms with E-state index in [4.69, 9.17) is 9.97 Å². The molecule has 152 valence electrons. The van der Waals surface area contributed by atoms with Gasteiger partial charge in [-0.25, -0.2) is 9.97 Å². The SMILES string of the molecule is c1ccc(-c2nc3sc(-c4ccccc4-c4ccncc4)nc3s2)c(-c2ccncc2)c1. The van der Waals surface area contributed by atoms with Gasteiger partial charge in [-0.05, 0) is 46.5 Å². The van der Waals surface area contributed by atoms with Crippen molar-refractivity contribution in [3.8, 4) is 43.4 Å². The van der Waals surface area contributed by atoms with Crippen LogP contribution in [0, 0.1) is 0 Å². The van der Waals surface area contributed by atoms with Gasteiger partial charge in [0.1, 0.15) is 10.0 Å². The Hall–Kier alpha value is -3.74. The number of aromatic nitrogens is 4. The van der Waals surface area contributed by atoms with Crippen molar-refractivity contribution in [2.24, 2.45) is 0 Å². The Bertz CT molecular complexity index is 1380. The highest BCUT2D eigenvalue weighted by atomic mass is 32.1. The Morgan fingerprint density at radius 2 is 0.812 bits per heavy atom. The molecule has 6 aromatic rings. The van der Waals surface area contributed by atoms with Crippen molar-refractivity contribution in [3.05, 3.63) is 97.6 Å². The highest BCUT2D eigenvalue weighted by Gasteiger charge is 2.17. The predicted octanol–water partition coefficient (Wildman–Crippen LogP) is 7.21. The van der Waals surface area contributed by atoms with Gasteiger partial charge >= 0.3 is 0 Å². The number of nitrogens with zero attached hydrogens (tertiary/aromatic N) is 4. The smallest absolute Gasteiger partial charge is 0.155 e. The number of thiazole rings is 2. The van der Waals surface area contributed by atoms with E-state index in [2.05, 4.69) is 58.5 Å². The van der Waals surface area contributed by atoms with Crippen LogP contribution in [0.5, 0.6) is 0 Å². The van der Waals surface area contributed by atoms with Gasteiger partial charge in [-0.1, -0.05) is 71.2 Å². The zero-order chi connectivity index (χ0) is 21.3. The van der Waals surface area contributed by atoms with E-state index in [1.54, 1.807) is 22.7 Å². The second kappa shape index (κ2) is 8.07. The quantitative estimate of drug-likeness (QED) is 0.286. The number of hydrogen-bond acceptors (Lipinski definition) is 6. The first-order chi connectivity index (χ1) is 15.9. The number of pyridine rings is 2. The van der Waals surface area contributed by atoms with Gasteiger partial charge < -0.3 is 0 Å². The first-order valence-electron chi connectivity index (χ1n) is 10.1. The summed E-state index contributed by atoms with van der Waals surface area (Å²) < 4.78 is 0. The number of rotatable bonds is 4. The fraction of sp³-hybridized carbons (Fsp3) is 0. The molecule has 0 saturated heterocycles. The summed E-state index contributed by atoms with van der Waals surface area (Å²) in [7, 11) is 0. The Kier molecular flexibility index (Phi) is 4.79. The van der Waals surface area contributed by atoms with Crippen LogP contribution in [0.15, 0.2) is 97.6 Å². The second-order valence-corrected chi connectivity index (χ2v) is 9.17. The average molecular weight is 449 g/mol. The molecule has 2 aromatic carbocycles. The van der Waals surface area contributed by atoms with Crippen molar-refractivity contribution in [1.29, 1.82) is 0 Å². The molecule has 4 aromatic heterocycles. The summed E-state index contributed by atoms with van der Waals surface area (Å²) in [6, 6.07) is 24.8. The summed E-state index contributed by atoms with van der Waals surface area (Å²) in [5, 5.41) is 1.97. The summed E-state index contributed by atoms with van der Waals surface area (Å²) in [6.07, 6.45) is 7.28. The van der Waals surface area contributed by atoms with Gasteiger partial charge in [-0.2, -0.15) is 0 Å². The maximum Gasteiger partial charge on any atom is 0.155 e. The molecule has 0 amide bonds. The topological polar surface area (TPSA) is 51.6 Å². The van der Waals surface area contributed by atoms with Crippen LogP contribution >= 0.6 is 22.7 Å². The van der Waals surface area contributed by atoms with Crippen molar-refractivity contribution >= 4 is 32.3 Å². The molecule has 0 bridgehead atoms. The zero-order valence-electron chi connectivity index (χ0n) is 16.8. The average Bonchev–Trinajstić information content (AvgIpc) is 3.45. The molecule has 0 aliphatic rings. The third kappa shape index (κ3) is 3.39. The lowest BCUT2D eigenvalue weighted by molar-refractivity contribution is 1.33. The monoisotopic (exact) mass is 448 g/mol. The zero-order valence-corrected chi connectivity index (χ0v) is 18.5. The number of hydrogen-bond donors (Lipinski definition) is 0. The molecule has 0 aliphatic heterocycles. The number of benzene rings is 2. The Morgan fingerprint density at radius 3 is 1.22 bits per heavy atom. The van der Waals surface area contributed by atoms with Crippen LogP contribution < -0.4 is 0 Å². The molecule has 4 heterocycles. The van der Waals surface area contributed by atoms with E-state index in [9.17, 15) is 0 Å². The van der Waals surface area contributed by atoms with Gasteiger partial charge in [0.2, 0.25) is 0 Å². The van der Waals surface area contributed by atoms with Gasteiger partial charge in [0.15, 0.2) is 9.66 Å². The summed E-state index contributed by atoms with van der Waals surface area (Å²) in [5.41, 5.74) is 6.81. The van der Waals surface area contributed by atoms with Gasteiger partial charge in [-0.3, -0.25) is 9.97 Å². The molecular weight excluding hydrogens is 432 g/mol. The molecule has 6 rings (SSSR count). The fourth-order valence-electron chi connectivity index (χ4n) is 3.78. The Morgan fingerprint density at radius 1 is 0.438 bits per heavy atom. The highest BCUT2D eigenvalue weighted by molar-refractivity contribution is 7.29. The summed E-state index contributed by atoms with van der Waals surface area (Å²) in [6.45, 7) is 0. The minimum atomic E-state index is 0.967. The lowest BCUT2D eigenvalue weighted by Crippen LogP contribution is -1.85. The van der Waals surface area contributed by atoms with Crippen molar-refractivity contribution in [3.63, 3.8) is 0 Å². The van der Waals surface area contributed by atoms with Gasteiger partial charge in [-0.15, -0.1) is 0 Å². The minimum Gasteiger partial charge on any atom is -0.265 e. The second-order valence-electron chi connectivity index (χ2n) is 7.21. The van der Waals surface area contributed by atoms with E-state index in [1.807, 2.05) is 49.1 Å². The van der Waals surface area contributed by atoms with E-state index in [0.717, 1.165) is 53.1 Å². The molecule has 6 heteroatoms. The third-order valence-electron chi connectivity index (χ3n) is 5.27. The van der Waals surface area contributed by atoms with Crippen molar-refractivity contribution in [2.45, 2.75) is 0 Å². The molecule has 0 unspecified atom stereocenters. The first kappa shape index (κ1) is 19.0. The molecule has 0 aliphatic carbocycles. The molecule has 0 atom stereocenters. The van der Waals surface area contributed by atoms with Crippen LogP contribution in [-0.4, -0.2) is 19.9 Å². The van der Waals surface area contributed by atoms with E-state index in [0.29, 0.717) is 0 Å². The number of fused-ring (bicyclic) bond motifs is 1. The van der Waals surface area contributed by atoms with Crippen LogP contribution in [0.4, 0.5) is 0 Å². The molecule has 0 spiro atoms. The molecule has 0 N–H and O–H groups in total. The van der Waals surface area contributed by atoms with Crippen LogP contribution in [0.1, 0.15) is 0 Å². The van der Waals surface area contributed by atoms with Crippen molar-refractivity contribution in [1.82, 2.24) is 19.9 Å². The van der Waals surface area contributed by atoms with Crippen LogP contribution in [0.3, 0.4) is 0 Å². The van der Waals surface area contributed by atoms with E-state index < -0.39 is 0 Å². The highest BCUT2D eigenvalue weighted by Crippen LogP contribution is 2.41. The molecule has 4 nitrogen and oxygen atoms in total. The normalized spacial score (nSPS) is 11.1. The lowest BCUT2D eigenvalue weighted by Gasteiger charge is -2.07. The standard InChI is InChI=1S/C26H16N4S2/c1-3-7-21(19(5-1)17-9-13-27-14-10-17)23-29-25-26(31-23)30-24(32-25)22-8-4-2-6-20(22)18-11-15-28-16-12-18/h1-16H.